The van der Waals surface area contributed by atoms with Crippen molar-refractivity contribution < 1.29 is 4.79 Å². The molecule has 2 atom stereocenters. The highest BCUT2D eigenvalue weighted by Crippen LogP contribution is 2.35. The molecule has 1 aromatic heterocycles. The van der Waals surface area contributed by atoms with Gasteiger partial charge in [0.1, 0.15) is 5.01 Å². The number of hydrogen-bond acceptors (Lipinski definition) is 5. The summed E-state index contributed by atoms with van der Waals surface area (Å²) in [4.78, 5) is 17.1. The average molecular weight is 386 g/mol. The van der Waals surface area contributed by atoms with Gasteiger partial charge in [0, 0.05) is 30.6 Å². The van der Waals surface area contributed by atoms with Gasteiger partial charge < -0.3 is 4.90 Å². The van der Waals surface area contributed by atoms with Gasteiger partial charge in [-0.05, 0) is 45.7 Å². The van der Waals surface area contributed by atoms with E-state index in [4.69, 9.17) is 0 Å². The van der Waals surface area contributed by atoms with Crippen molar-refractivity contribution in [2.45, 2.75) is 50.6 Å². The van der Waals surface area contributed by atoms with E-state index >= 15 is 0 Å². The summed E-state index contributed by atoms with van der Waals surface area (Å²) in [6, 6.07) is 11.3. The number of nitrogens with one attached hydrogen (secondary N) is 1. The van der Waals surface area contributed by atoms with Crippen molar-refractivity contribution >= 4 is 22.5 Å². The zero-order valence-corrected chi connectivity index (χ0v) is 17.0. The molecule has 144 valence electrons. The fourth-order valence-electron chi connectivity index (χ4n) is 4.17. The predicted octanol–water partition coefficient (Wildman–Crippen LogP) is 3.56. The van der Waals surface area contributed by atoms with E-state index in [0.717, 1.165) is 24.5 Å². The third-order valence-electron chi connectivity index (χ3n) is 6.10. The van der Waals surface area contributed by atoms with Crippen molar-refractivity contribution in [1.29, 1.82) is 0 Å². The van der Waals surface area contributed by atoms with Gasteiger partial charge in [-0.2, -0.15) is 0 Å². The van der Waals surface area contributed by atoms with Gasteiger partial charge in [0.2, 0.25) is 5.13 Å². The van der Waals surface area contributed by atoms with Crippen molar-refractivity contribution in [3.63, 3.8) is 0 Å². The van der Waals surface area contributed by atoms with Crippen molar-refractivity contribution in [2.24, 2.45) is 0 Å². The Morgan fingerprint density at radius 2 is 1.89 bits per heavy atom. The highest BCUT2D eigenvalue weighted by molar-refractivity contribution is 7.15. The van der Waals surface area contributed by atoms with Gasteiger partial charge in [-0.25, -0.2) is 4.79 Å². The molecular formula is C20H27N5OS. The highest BCUT2D eigenvalue weighted by atomic mass is 32.1. The lowest BCUT2D eigenvalue weighted by atomic mass is 9.85. The number of likely N-dealkylation sites (N-methyl/N-ethyl adjacent to an activating group) is 1. The number of carbonyl (C=O) groups is 1. The van der Waals surface area contributed by atoms with Crippen LogP contribution in [0.15, 0.2) is 30.3 Å². The number of nitrogens with zero attached hydrogens (tertiary/aromatic N) is 4. The molecule has 2 bridgehead atoms. The number of rotatable bonds is 3. The minimum Gasteiger partial charge on any atom is -0.323 e. The third kappa shape index (κ3) is 3.58. The smallest absolute Gasteiger partial charge is 0.323 e. The normalized spacial score (nSPS) is 23.3. The topological polar surface area (TPSA) is 61.4 Å². The molecule has 2 unspecified atom stereocenters. The quantitative estimate of drug-likeness (QED) is 0.877. The van der Waals surface area contributed by atoms with Crippen LogP contribution in [0.4, 0.5) is 9.93 Å². The summed E-state index contributed by atoms with van der Waals surface area (Å²) >= 11 is 1.46. The molecule has 1 N–H and O–H groups in total. The maximum absolute atomic E-state index is 12.8. The SMILES string of the molecule is CN1C2CCC1CN(C(=O)Nc1nnc(C(C)(C)c3ccccc3)s1)CC2. The lowest BCUT2D eigenvalue weighted by molar-refractivity contribution is 0.200. The van der Waals surface area contributed by atoms with E-state index in [-0.39, 0.29) is 11.4 Å². The zero-order valence-electron chi connectivity index (χ0n) is 16.2. The summed E-state index contributed by atoms with van der Waals surface area (Å²) in [5.41, 5.74) is 0.942. The fourth-order valence-corrected chi connectivity index (χ4v) is 5.03. The van der Waals surface area contributed by atoms with Crippen LogP contribution >= 0.6 is 11.3 Å². The van der Waals surface area contributed by atoms with Gasteiger partial charge in [0.15, 0.2) is 0 Å². The number of likely N-dealkylation sites (tertiary alicyclic amines) is 1. The third-order valence-corrected chi connectivity index (χ3v) is 7.27. The molecule has 3 heterocycles. The van der Waals surface area contributed by atoms with Gasteiger partial charge in [-0.1, -0.05) is 41.7 Å². The maximum atomic E-state index is 12.8. The number of carbonyl (C=O) groups excluding carboxylic acids is 1. The minimum absolute atomic E-state index is 0.0591. The van der Waals surface area contributed by atoms with Crippen LogP contribution < -0.4 is 5.32 Å². The molecule has 6 nitrogen and oxygen atoms in total. The van der Waals surface area contributed by atoms with E-state index in [1.54, 1.807) is 0 Å². The Morgan fingerprint density at radius 3 is 2.67 bits per heavy atom. The lowest BCUT2D eigenvalue weighted by Crippen LogP contribution is -2.41. The monoisotopic (exact) mass is 385 g/mol. The first-order valence-electron chi connectivity index (χ1n) is 9.62. The summed E-state index contributed by atoms with van der Waals surface area (Å²) in [6.07, 6.45) is 3.48. The Balaban J connectivity index is 1.44. The number of hydrogen-bond donors (Lipinski definition) is 1. The summed E-state index contributed by atoms with van der Waals surface area (Å²) in [6.45, 7) is 5.87. The number of aromatic nitrogens is 2. The molecular weight excluding hydrogens is 358 g/mol. The fraction of sp³-hybridized carbons (Fsp3) is 0.550. The van der Waals surface area contributed by atoms with Crippen LogP contribution in [0.1, 0.15) is 43.7 Å². The van der Waals surface area contributed by atoms with Crippen LogP contribution in [0.25, 0.3) is 0 Å². The summed E-state index contributed by atoms with van der Waals surface area (Å²) in [5, 5.41) is 13.0. The molecule has 1 aromatic carbocycles. The van der Waals surface area contributed by atoms with Crippen LogP contribution in [0.5, 0.6) is 0 Å². The Labute approximate surface area is 164 Å². The number of fused-ring (bicyclic) bond motifs is 2. The van der Waals surface area contributed by atoms with Crippen LogP contribution in [-0.2, 0) is 5.41 Å². The number of benzene rings is 1. The van der Waals surface area contributed by atoms with Crippen molar-refractivity contribution in [3.8, 4) is 0 Å². The van der Waals surface area contributed by atoms with Gasteiger partial charge in [-0.15, -0.1) is 10.2 Å². The Hall–Kier alpha value is -1.99. The molecule has 0 spiro atoms. The first kappa shape index (κ1) is 18.4. The first-order valence-corrected chi connectivity index (χ1v) is 10.4. The molecule has 0 radical (unpaired) electrons. The minimum atomic E-state index is -0.244. The van der Waals surface area contributed by atoms with Crippen LogP contribution in [0.3, 0.4) is 0 Å². The second-order valence-electron chi connectivity index (χ2n) is 8.12. The molecule has 2 saturated heterocycles. The summed E-state index contributed by atoms with van der Waals surface area (Å²) in [5.74, 6) is 0. The Kier molecular flexibility index (Phi) is 4.90. The van der Waals surface area contributed by atoms with E-state index in [1.165, 1.54) is 29.7 Å². The molecule has 2 aromatic rings. The molecule has 2 amide bonds. The lowest BCUT2D eigenvalue weighted by Gasteiger charge is -2.25. The Morgan fingerprint density at radius 1 is 1.15 bits per heavy atom. The van der Waals surface area contributed by atoms with Gasteiger partial charge in [-0.3, -0.25) is 10.2 Å². The molecule has 27 heavy (non-hydrogen) atoms. The second kappa shape index (κ2) is 7.20. The van der Waals surface area contributed by atoms with E-state index in [2.05, 4.69) is 53.4 Å². The standard InChI is InChI=1S/C20H27N5OS/c1-20(2,14-7-5-4-6-8-14)17-22-23-18(27-17)21-19(26)25-12-11-15-9-10-16(13-25)24(15)3/h4-8,15-16H,9-13H2,1-3H3,(H,21,23,26). The van der Waals surface area contributed by atoms with Crippen LogP contribution in [-0.4, -0.2) is 58.2 Å². The average Bonchev–Trinajstić information content (AvgIpc) is 3.20. The molecule has 0 aliphatic carbocycles. The molecule has 2 aliphatic heterocycles. The van der Waals surface area contributed by atoms with Crippen LogP contribution in [0, 0.1) is 0 Å². The van der Waals surface area contributed by atoms with E-state index in [1.807, 2.05) is 23.1 Å². The van der Waals surface area contributed by atoms with E-state index in [9.17, 15) is 4.79 Å². The molecule has 7 heteroatoms. The van der Waals surface area contributed by atoms with E-state index < -0.39 is 0 Å². The number of urea groups is 1. The Bertz CT molecular complexity index is 806. The number of amides is 2. The molecule has 2 fully saturated rings. The van der Waals surface area contributed by atoms with Crippen molar-refractivity contribution in [2.75, 3.05) is 25.5 Å². The predicted molar refractivity (Wildman–Crippen MR) is 108 cm³/mol. The highest BCUT2D eigenvalue weighted by Gasteiger charge is 2.36. The summed E-state index contributed by atoms with van der Waals surface area (Å²) < 4.78 is 0. The second-order valence-corrected chi connectivity index (χ2v) is 9.10. The zero-order chi connectivity index (χ0) is 19.0. The van der Waals surface area contributed by atoms with E-state index in [0.29, 0.717) is 17.2 Å². The first-order chi connectivity index (χ1) is 12.9. The number of anilines is 1. The molecule has 2 aliphatic rings. The molecule has 4 rings (SSSR count). The van der Waals surface area contributed by atoms with Crippen molar-refractivity contribution in [1.82, 2.24) is 20.0 Å². The maximum Gasteiger partial charge on any atom is 0.323 e. The van der Waals surface area contributed by atoms with Crippen molar-refractivity contribution in [3.05, 3.63) is 40.9 Å². The summed E-state index contributed by atoms with van der Waals surface area (Å²) in [7, 11) is 2.19. The van der Waals surface area contributed by atoms with Gasteiger partial charge in [0.05, 0.1) is 0 Å². The van der Waals surface area contributed by atoms with Gasteiger partial charge in [0.25, 0.3) is 0 Å². The van der Waals surface area contributed by atoms with Crippen LogP contribution in [0.2, 0.25) is 0 Å². The molecule has 0 saturated carbocycles. The largest absolute Gasteiger partial charge is 0.323 e. The van der Waals surface area contributed by atoms with Gasteiger partial charge >= 0.3 is 6.03 Å².